The normalized spacial score (nSPS) is 12.7. The van der Waals surface area contributed by atoms with Crippen molar-refractivity contribution in [1.29, 1.82) is 0 Å². The Kier molecular flexibility index (Phi) is 5.33. The van der Waals surface area contributed by atoms with Crippen LogP contribution in [0, 0.1) is 0 Å². The number of hydrogen-bond acceptors (Lipinski definition) is 1. The van der Waals surface area contributed by atoms with Crippen molar-refractivity contribution in [3.05, 3.63) is 0 Å². The van der Waals surface area contributed by atoms with Crippen LogP contribution in [0.5, 0.6) is 0 Å². The highest BCUT2D eigenvalue weighted by Gasteiger charge is 2.38. The smallest absolute Gasteiger partial charge is 0.210 e. The predicted molar refractivity (Wildman–Crippen MR) is 65.9 cm³/mol. The molecule has 0 saturated carbocycles. The van der Waals surface area contributed by atoms with Gasteiger partial charge in [-0.05, 0) is 39.5 Å². The van der Waals surface area contributed by atoms with Crippen LogP contribution in [0.15, 0.2) is 0 Å². The number of carbonyl (C=O) groups excluding carboxylic acids is 1. The fourth-order valence-electron chi connectivity index (χ4n) is 2.09. The average molecular weight is 213 g/mol. The quantitative estimate of drug-likeness (QED) is 0.592. The van der Waals surface area contributed by atoms with E-state index in [1.165, 1.54) is 0 Å². The Morgan fingerprint density at radius 2 is 1.13 bits per heavy atom. The van der Waals surface area contributed by atoms with E-state index in [4.69, 9.17) is 0 Å². The van der Waals surface area contributed by atoms with Crippen LogP contribution in [-0.4, -0.2) is 22.4 Å². The van der Waals surface area contributed by atoms with Crippen molar-refractivity contribution in [2.45, 2.75) is 78.3 Å². The van der Waals surface area contributed by atoms with Crippen molar-refractivity contribution < 1.29 is 4.79 Å². The molecular weight excluding hydrogens is 186 g/mol. The fourth-order valence-corrected chi connectivity index (χ4v) is 2.09. The second-order valence-corrected chi connectivity index (χ2v) is 4.88. The second kappa shape index (κ2) is 5.53. The van der Waals surface area contributed by atoms with E-state index in [1.807, 2.05) is 4.90 Å². The number of carbonyl (C=O) groups is 1. The summed E-state index contributed by atoms with van der Waals surface area (Å²) in [6, 6.07) is 0. The predicted octanol–water partition coefficient (Wildman–Crippen LogP) is 3.60. The molecule has 0 fully saturated rings. The van der Waals surface area contributed by atoms with Gasteiger partial charge in [-0.3, -0.25) is 4.79 Å². The van der Waals surface area contributed by atoms with Gasteiger partial charge in [0.2, 0.25) is 6.41 Å². The molecule has 0 rings (SSSR count). The van der Waals surface area contributed by atoms with Crippen LogP contribution in [-0.2, 0) is 4.79 Å². The third-order valence-corrected chi connectivity index (χ3v) is 4.32. The van der Waals surface area contributed by atoms with Gasteiger partial charge >= 0.3 is 0 Å². The van der Waals surface area contributed by atoms with Gasteiger partial charge < -0.3 is 4.90 Å². The molecule has 0 bridgehead atoms. The molecule has 0 radical (unpaired) electrons. The Balaban J connectivity index is 5.11. The Labute approximate surface area is 95.0 Å². The summed E-state index contributed by atoms with van der Waals surface area (Å²) in [5.41, 5.74) is 0.00500. The number of hydrogen-bond donors (Lipinski definition) is 0. The fraction of sp³-hybridized carbons (Fsp3) is 0.923. The minimum atomic E-state index is 0.00250. The van der Waals surface area contributed by atoms with Gasteiger partial charge in [-0.25, -0.2) is 0 Å². The summed E-state index contributed by atoms with van der Waals surface area (Å²) in [7, 11) is 0. The van der Waals surface area contributed by atoms with Gasteiger partial charge in [0.05, 0.1) is 0 Å². The van der Waals surface area contributed by atoms with E-state index >= 15 is 0 Å². The van der Waals surface area contributed by atoms with Crippen LogP contribution in [0.1, 0.15) is 67.2 Å². The maximum absolute atomic E-state index is 11.4. The van der Waals surface area contributed by atoms with Gasteiger partial charge in [-0.15, -0.1) is 0 Å². The van der Waals surface area contributed by atoms with E-state index in [1.54, 1.807) is 0 Å². The molecule has 0 unspecified atom stereocenters. The molecule has 0 aromatic carbocycles. The van der Waals surface area contributed by atoms with E-state index in [0.29, 0.717) is 0 Å². The largest absolute Gasteiger partial charge is 0.335 e. The lowest BCUT2D eigenvalue weighted by atomic mass is 9.84. The van der Waals surface area contributed by atoms with Crippen LogP contribution < -0.4 is 0 Å². The molecule has 15 heavy (non-hydrogen) atoms. The zero-order valence-corrected chi connectivity index (χ0v) is 11.3. The summed E-state index contributed by atoms with van der Waals surface area (Å²) >= 11 is 0. The molecule has 90 valence electrons. The van der Waals surface area contributed by atoms with Crippen molar-refractivity contribution in [2.75, 3.05) is 0 Å². The van der Waals surface area contributed by atoms with Crippen molar-refractivity contribution in [3.63, 3.8) is 0 Å². The lowest BCUT2D eigenvalue weighted by Crippen LogP contribution is -2.56. The van der Waals surface area contributed by atoms with Gasteiger partial charge in [0, 0.05) is 11.1 Å². The first-order chi connectivity index (χ1) is 6.94. The molecule has 0 aliphatic heterocycles. The zero-order chi connectivity index (χ0) is 12.1. The minimum absolute atomic E-state index is 0.00250. The molecule has 0 atom stereocenters. The highest BCUT2D eigenvalue weighted by atomic mass is 16.1. The van der Waals surface area contributed by atoms with Crippen LogP contribution in [0.25, 0.3) is 0 Å². The minimum Gasteiger partial charge on any atom is -0.335 e. The van der Waals surface area contributed by atoms with E-state index in [-0.39, 0.29) is 11.1 Å². The summed E-state index contributed by atoms with van der Waals surface area (Å²) in [6.45, 7) is 13.0. The van der Waals surface area contributed by atoms with Gasteiger partial charge in [0.25, 0.3) is 0 Å². The molecule has 0 spiro atoms. The molecular formula is C13H27NO. The first kappa shape index (κ1) is 14.5. The maximum Gasteiger partial charge on any atom is 0.210 e. The molecule has 0 aliphatic carbocycles. The Hall–Kier alpha value is -0.530. The Morgan fingerprint density at radius 3 is 1.27 bits per heavy atom. The van der Waals surface area contributed by atoms with Crippen LogP contribution in [0.2, 0.25) is 0 Å². The standard InChI is InChI=1S/C13H27NO/c1-7-12(5,8-2)14(11-15)13(6,9-3)10-4/h11H,7-10H2,1-6H3. The Bertz CT molecular complexity index is 175. The van der Waals surface area contributed by atoms with Crippen molar-refractivity contribution in [2.24, 2.45) is 0 Å². The molecule has 0 heterocycles. The summed E-state index contributed by atoms with van der Waals surface area (Å²) in [5.74, 6) is 0. The maximum atomic E-state index is 11.4. The highest BCUT2D eigenvalue weighted by Crippen LogP contribution is 2.33. The molecule has 1 amide bonds. The van der Waals surface area contributed by atoms with Gasteiger partial charge in [-0.1, -0.05) is 27.7 Å². The molecule has 0 aromatic rings. The lowest BCUT2D eigenvalue weighted by Gasteiger charge is -2.49. The molecule has 0 aromatic heterocycles. The monoisotopic (exact) mass is 213 g/mol. The molecule has 2 nitrogen and oxygen atoms in total. The first-order valence-corrected chi connectivity index (χ1v) is 6.18. The summed E-state index contributed by atoms with van der Waals surface area (Å²) in [6.07, 6.45) is 5.09. The number of rotatable bonds is 7. The SMILES string of the molecule is CCC(C)(CC)N(C=O)C(C)(CC)CC. The number of nitrogens with zero attached hydrogens (tertiary/aromatic N) is 1. The van der Waals surface area contributed by atoms with Crippen molar-refractivity contribution in [1.82, 2.24) is 4.90 Å². The van der Waals surface area contributed by atoms with Crippen LogP contribution >= 0.6 is 0 Å². The number of amides is 1. The average Bonchev–Trinajstić information content (AvgIpc) is 2.29. The summed E-state index contributed by atoms with van der Waals surface area (Å²) < 4.78 is 0. The first-order valence-electron chi connectivity index (χ1n) is 6.18. The third-order valence-electron chi connectivity index (χ3n) is 4.32. The van der Waals surface area contributed by atoms with E-state index in [9.17, 15) is 4.79 Å². The molecule has 0 saturated heterocycles. The molecule has 0 aliphatic rings. The lowest BCUT2D eigenvalue weighted by molar-refractivity contribution is -0.133. The second-order valence-electron chi connectivity index (χ2n) is 4.88. The zero-order valence-electron chi connectivity index (χ0n) is 11.3. The van der Waals surface area contributed by atoms with E-state index < -0.39 is 0 Å². The molecule has 2 heteroatoms. The van der Waals surface area contributed by atoms with Gasteiger partial charge in [0.1, 0.15) is 0 Å². The highest BCUT2D eigenvalue weighted by molar-refractivity contribution is 5.50. The Morgan fingerprint density at radius 1 is 0.867 bits per heavy atom. The summed E-state index contributed by atoms with van der Waals surface area (Å²) in [4.78, 5) is 13.4. The molecule has 0 N–H and O–H groups in total. The van der Waals surface area contributed by atoms with Crippen molar-refractivity contribution >= 4 is 6.41 Å². The van der Waals surface area contributed by atoms with Gasteiger partial charge in [-0.2, -0.15) is 0 Å². The van der Waals surface area contributed by atoms with Gasteiger partial charge in [0.15, 0.2) is 0 Å². The van der Waals surface area contributed by atoms with E-state index in [2.05, 4.69) is 41.5 Å². The third kappa shape index (κ3) is 2.73. The van der Waals surface area contributed by atoms with Crippen LogP contribution in [0.4, 0.5) is 0 Å². The van der Waals surface area contributed by atoms with E-state index in [0.717, 1.165) is 32.1 Å². The summed E-state index contributed by atoms with van der Waals surface area (Å²) in [5, 5.41) is 0. The van der Waals surface area contributed by atoms with Crippen molar-refractivity contribution in [3.8, 4) is 0 Å². The van der Waals surface area contributed by atoms with Crippen LogP contribution in [0.3, 0.4) is 0 Å². The topological polar surface area (TPSA) is 20.3 Å².